The fourth-order valence-corrected chi connectivity index (χ4v) is 2.82. The number of nitrogen functional groups attached to an aromatic ring is 1. The number of nitrogens with one attached hydrogen (secondary N) is 2. The third-order valence-corrected chi connectivity index (χ3v) is 4.09. The van der Waals surface area contributed by atoms with E-state index in [0.717, 1.165) is 26.1 Å². The molecule has 0 bridgehead atoms. The molecule has 1 fully saturated rings. The number of carbonyl (C=O) groups is 1. The molecular formula is C16H22N6O. The minimum atomic E-state index is -0.240. The number of nitrogens with zero attached hydrogens (tertiary/aromatic N) is 3. The Morgan fingerprint density at radius 1 is 1.39 bits per heavy atom. The van der Waals surface area contributed by atoms with Gasteiger partial charge in [0, 0.05) is 32.7 Å². The van der Waals surface area contributed by atoms with Crippen LogP contribution in [0.5, 0.6) is 0 Å². The van der Waals surface area contributed by atoms with Gasteiger partial charge in [-0.15, -0.1) is 0 Å². The Balaban J connectivity index is 1.48. The summed E-state index contributed by atoms with van der Waals surface area (Å²) in [6.45, 7) is 2.75. The lowest BCUT2D eigenvalue weighted by Gasteiger charge is -2.17. The zero-order valence-electron chi connectivity index (χ0n) is 13.2. The third-order valence-electron chi connectivity index (χ3n) is 4.09. The van der Waals surface area contributed by atoms with Gasteiger partial charge in [-0.05, 0) is 12.0 Å². The van der Waals surface area contributed by atoms with Gasteiger partial charge in [0.2, 0.25) is 0 Å². The molecule has 23 heavy (non-hydrogen) atoms. The molecule has 7 nitrogen and oxygen atoms in total. The van der Waals surface area contributed by atoms with Crippen molar-refractivity contribution in [3.05, 3.63) is 42.1 Å². The first kappa shape index (κ1) is 15.4. The molecule has 1 unspecified atom stereocenters. The van der Waals surface area contributed by atoms with Gasteiger partial charge >= 0.3 is 6.03 Å². The maximum atomic E-state index is 12.1. The highest BCUT2D eigenvalue weighted by Crippen LogP contribution is 2.16. The predicted molar refractivity (Wildman–Crippen MR) is 89.9 cm³/mol. The quantitative estimate of drug-likeness (QED) is 0.796. The van der Waals surface area contributed by atoms with E-state index < -0.39 is 0 Å². The van der Waals surface area contributed by atoms with Gasteiger partial charge in [-0.1, -0.05) is 30.3 Å². The van der Waals surface area contributed by atoms with Crippen molar-refractivity contribution in [2.24, 2.45) is 7.05 Å². The van der Waals surface area contributed by atoms with E-state index in [1.165, 1.54) is 10.2 Å². The zero-order valence-corrected chi connectivity index (χ0v) is 13.2. The summed E-state index contributed by atoms with van der Waals surface area (Å²) in [5.74, 6) is 0.442. The molecular weight excluding hydrogens is 292 g/mol. The van der Waals surface area contributed by atoms with Crippen LogP contribution in [0.3, 0.4) is 0 Å². The molecule has 4 N–H and O–H groups in total. The smallest absolute Gasteiger partial charge is 0.319 e. The van der Waals surface area contributed by atoms with Crippen LogP contribution in [0.15, 0.2) is 36.5 Å². The lowest BCUT2D eigenvalue weighted by atomic mass is 10.2. The van der Waals surface area contributed by atoms with Crippen molar-refractivity contribution in [2.75, 3.05) is 24.1 Å². The second-order valence-corrected chi connectivity index (χ2v) is 5.87. The molecule has 1 aliphatic heterocycles. The van der Waals surface area contributed by atoms with Crippen LogP contribution in [-0.2, 0) is 13.6 Å². The van der Waals surface area contributed by atoms with Gasteiger partial charge in [0.05, 0.1) is 6.20 Å². The fourth-order valence-electron chi connectivity index (χ4n) is 2.82. The van der Waals surface area contributed by atoms with Crippen molar-refractivity contribution in [3.8, 4) is 0 Å². The van der Waals surface area contributed by atoms with Crippen LogP contribution in [0.25, 0.3) is 0 Å². The predicted octanol–water partition coefficient (Wildman–Crippen LogP) is 1.40. The number of likely N-dealkylation sites (tertiary alicyclic amines) is 1. The zero-order chi connectivity index (χ0) is 16.2. The van der Waals surface area contributed by atoms with E-state index in [4.69, 9.17) is 5.73 Å². The molecule has 2 amide bonds. The molecule has 7 heteroatoms. The van der Waals surface area contributed by atoms with Crippen molar-refractivity contribution >= 4 is 17.5 Å². The maximum absolute atomic E-state index is 12.1. The molecule has 3 rings (SSSR count). The first-order valence-corrected chi connectivity index (χ1v) is 7.73. The summed E-state index contributed by atoms with van der Waals surface area (Å²) in [6.07, 6.45) is 2.49. The molecule has 1 atom stereocenters. The van der Waals surface area contributed by atoms with Gasteiger partial charge in [-0.3, -0.25) is 9.58 Å². The van der Waals surface area contributed by atoms with E-state index in [-0.39, 0.29) is 12.1 Å². The molecule has 1 aromatic heterocycles. The Morgan fingerprint density at radius 2 is 2.17 bits per heavy atom. The van der Waals surface area contributed by atoms with Crippen molar-refractivity contribution in [1.29, 1.82) is 0 Å². The highest BCUT2D eigenvalue weighted by molar-refractivity contribution is 5.92. The number of amides is 2. The summed E-state index contributed by atoms with van der Waals surface area (Å²) >= 11 is 0. The topological polar surface area (TPSA) is 88.2 Å². The highest BCUT2D eigenvalue weighted by Gasteiger charge is 2.24. The van der Waals surface area contributed by atoms with Gasteiger partial charge in [0.15, 0.2) is 0 Å². The minimum absolute atomic E-state index is 0.150. The van der Waals surface area contributed by atoms with Crippen LogP contribution in [0.2, 0.25) is 0 Å². The second kappa shape index (κ2) is 6.70. The number of hydrogen-bond donors (Lipinski definition) is 3. The fraction of sp³-hybridized carbons (Fsp3) is 0.375. The van der Waals surface area contributed by atoms with E-state index in [1.807, 2.05) is 18.2 Å². The number of urea groups is 1. The summed E-state index contributed by atoms with van der Waals surface area (Å²) in [4.78, 5) is 14.4. The molecule has 0 saturated carbocycles. The van der Waals surface area contributed by atoms with Crippen molar-refractivity contribution < 1.29 is 4.79 Å². The molecule has 0 spiro atoms. The van der Waals surface area contributed by atoms with Gasteiger partial charge < -0.3 is 16.4 Å². The summed E-state index contributed by atoms with van der Waals surface area (Å²) in [7, 11) is 1.73. The molecule has 2 heterocycles. The summed E-state index contributed by atoms with van der Waals surface area (Å²) in [6, 6.07) is 10.3. The van der Waals surface area contributed by atoms with Crippen molar-refractivity contribution in [3.63, 3.8) is 0 Å². The third kappa shape index (κ3) is 3.81. The van der Waals surface area contributed by atoms with Crippen molar-refractivity contribution in [1.82, 2.24) is 20.0 Å². The highest BCUT2D eigenvalue weighted by atomic mass is 16.2. The van der Waals surface area contributed by atoms with Gasteiger partial charge in [0.25, 0.3) is 0 Å². The van der Waals surface area contributed by atoms with Crippen LogP contribution < -0.4 is 16.4 Å². The van der Waals surface area contributed by atoms with Gasteiger partial charge in [0.1, 0.15) is 11.5 Å². The minimum Gasteiger partial charge on any atom is -0.382 e. The van der Waals surface area contributed by atoms with E-state index in [9.17, 15) is 4.79 Å². The molecule has 2 aromatic rings. The standard InChI is InChI=1S/C16H22N6O/c1-21-15(17)14(9-18-21)20-16(23)19-13-7-8-22(11-13)10-12-5-3-2-4-6-12/h2-6,9,13H,7-8,10-11,17H2,1H3,(H2,19,20,23). The average Bonchev–Trinajstić information content (AvgIpc) is 3.10. The number of benzene rings is 1. The van der Waals surface area contributed by atoms with E-state index >= 15 is 0 Å². The number of aryl methyl sites for hydroxylation is 1. The van der Waals surface area contributed by atoms with Crippen LogP contribution in [0, 0.1) is 0 Å². The lowest BCUT2D eigenvalue weighted by molar-refractivity contribution is 0.247. The Hall–Kier alpha value is -2.54. The molecule has 122 valence electrons. The van der Waals surface area contributed by atoms with E-state index in [2.05, 4.69) is 32.8 Å². The van der Waals surface area contributed by atoms with Crippen molar-refractivity contribution in [2.45, 2.75) is 19.0 Å². The summed E-state index contributed by atoms with van der Waals surface area (Å²) < 4.78 is 1.52. The first-order valence-electron chi connectivity index (χ1n) is 7.73. The molecule has 1 saturated heterocycles. The Bertz CT molecular complexity index is 668. The maximum Gasteiger partial charge on any atom is 0.319 e. The Morgan fingerprint density at radius 3 is 2.87 bits per heavy atom. The van der Waals surface area contributed by atoms with Crippen LogP contribution in [0.1, 0.15) is 12.0 Å². The number of rotatable bonds is 4. The van der Waals surface area contributed by atoms with Crippen LogP contribution in [-0.4, -0.2) is 39.8 Å². The molecule has 0 aliphatic carbocycles. The number of nitrogens with two attached hydrogens (primary N) is 1. The van der Waals surface area contributed by atoms with E-state index in [1.54, 1.807) is 13.2 Å². The SMILES string of the molecule is Cn1ncc(NC(=O)NC2CCN(Cc3ccccc3)C2)c1N. The molecule has 0 radical (unpaired) electrons. The van der Waals surface area contributed by atoms with Gasteiger partial charge in [-0.25, -0.2) is 4.79 Å². The van der Waals surface area contributed by atoms with Crippen LogP contribution >= 0.6 is 0 Å². The molecule has 1 aromatic carbocycles. The number of anilines is 2. The Kier molecular flexibility index (Phi) is 4.47. The monoisotopic (exact) mass is 314 g/mol. The first-order chi connectivity index (χ1) is 11.1. The molecule has 1 aliphatic rings. The van der Waals surface area contributed by atoms with Crippen LogP contribution in [0.4, 0.5) is 16.3 Å². The average molecular weight is 314 g/mol. The summed E-state index contributed by atoms with van der Waals surface area (Å²) in [5, 5.41) is 9.74. The second-order valence-electron chi connectivity index (χ2n) is 5.87. The number of carbonyl (C=O) groups excluding carboxylic acids is 1. The largest absolute Gasteiger partial charge is 0.382 e. The summed E-state index contributed by atoms with van der Waals surface area (Å²) in [5.41, 5.74) is 7.64. The normalized spacial score (nSPS) is 18.0. The number of aromatic nitrogens is 2. The Labute approximate surface area is 135 Å². The van der Waals surface area contributed by atoms with Gasteiger partial charge in [-0.2, -0.15) is 5.10 Å². The van der Waals surface area contributed by atoms with E-state index in [0.29, 0.717) is 11.5 Å². The lowest BCUT2D eigenvalue weighted by Crippen LogP contribution is -2.39. The number of hydrogen-bond acceptors (Lipinski definition) is 4.